The standard InChI is InChI=1S/C18H28N2O2S/c21-17(20-9-3-1-2-4-10-20)14-19-11-7-15(8-12-19)18(22)16-6-5-13-23-16/h5-6,13,15,18,22H,1-4,7-12,14H2. The van der Waals surface area contributed by atoms with E-state index in [1.54, 1.807) is 11.3 Å². The van der Waals surface area contributed by atoms with E-state index in [4.69, 9.17) is 0 Å². The van der Waals surface area contributed by atoms with Gasteiger partial charge in [-0.15, -0.1) is 11.3 Å². The number of piperidine rings is 1. The number of hydrogen-bond acceptors (Lipinski definition) is 4. The molecule has 2 saturated heterocycles. The number of amides is 1. The first-order chi connectivity index (χ1) is 11.2. The number of rotatable bonds is 4. The molecule has 1 aromatic heterocycles. The summed E-state index contributed by atoms with van der Waals surface area (Å²) >= 11 is 1.63. The predicted octanol–water partition coefficient (Wildman–Crippen LogP) is 2.90. The summed E-state index contributed by atoms with van der Waals surface area (Å²) in [6, 6.07) is 4.02. The Morgan fingerprint density at radius 3 is 2.48 bits per heavy atom. The molecule has 2 fully saturated rings. The molecule has 23 heavy (non-hydrogen) atoms. The van der Waals surface area contributed by atoms with Gasteiger partial charge in [0.05, 0.1) is 12.6 Å². The lowest BCUT2D eigenvalue weighted by molar-refractivity contribution is -0.132. The van der Waals surface area contributed by atoms with Crippen LogP contribution in [0.1, 0.15) is 49.5 Å². The molecule has 1 atom stereocenters. The molecule has 2 aliphatic heterocycles. The fraction of sp³-hybridized carbons (Fsp3) is 0.722. The van der Waals surface area contributed by atoms with Crippen molar-refractivity contribution in [2.75, 3.05) is 32.7 Å². The smallest absolute Gasteiger partial charge is 0.236 e. The van der Waals surface area contributed by atoms with Crippen LogP contribution in [-0.4, -0.2) is 53.5 Å². The molecule has 0 aromatic carbocycles. The average Bonchev–Trinajstić information content (AvgIpc) is 2.97. The molecular weight excluding hydrogens is 308 g/mol. The Bertz CT molecular complexity index is 475. The highest BCUT2D eigenvalue weighted by Crippen LogP contribution is 2.32. The number of carbonyl (C=O) groups is 1. The number of aliphatic hydroxyl groups is 1. The largest absolute Gasteiger partial charge is 0.387 e. The number of nitrogens with zero attached hydrogens (tertiary/aromatic N) is 2. The number of aliphatic hydroxyl groups excluding tert-OH is 1. The van der Waals surface area contributed by atoms with Crippen molar-refractivity contribution < 1.29 is 9.90 Å². The second kappa shape index (κ2) is 8.27. The second-order valence-corrected chi connectivity index (χ2v) is 7.85. The van der Waals surface area contributed by atoms with Crippen LogP contribution < -0.4 is 0 Å². The molecule has 128 valence electrons. The minimum atomic E-state index is -0.335. The summed E-state index contributed by atoms with van der Waals surface area (Å²) < 4.78 is 0. The van der Waals surface area contributed by atoms with E-state index in [0.717, 1.165) is 56.7 Å². The number of thiophene rings is 1. The van der Waals surface area contributed by atoms with Gasteiger partial charge in [-0.2, -0.15) is 0 Å². The molecule has 0 spiro atoms. The van der Waals surface area contributed by atoms with E-state index < -0.39 is 0 Å². The molecule has 1 unspecified atom stereocenters. The van der Waals surface area contributed by atoms with Crippen LogP contribution in [0.2, 0.25) is 0 Å². The van der Waals surface area contributed by atoms with E-state index in [0.29, 0.717) is 18.4 Å². The molecule has 1 aromatic rings. The third-order valence-corrected chi connectivity index (χ3v) is 6.17. The minimum Gasteiger partial charge on any atom is -0.387 e. The first-order valence-electron chi connectivity index (χ1n) is 8.95. The Hall–Kier alpha value is -0.910. The van der Waals surface area contributed by atoms with Crippen molar-refractivity contribution in [2.24, 2.45) is 5.92 Å². The van der Waals surface area contributed by atoms with Crippen LogP contribution in [0, 0.1) is 5.92 Å². The Morgan fingerprint density at radius 1 is 1.17 bits per heavy atom. The lowest BCUT2D eigenvalue weighted by atomic mass is 9.90. The minimum absolute atomic E-state index is 0.296. The highest BCUT2D eigenvalue weighted by molar-refractivity contribution is 7.10. The summed E-state index contributed by atoms with van der Waals surface area (Å²) in [5.41, 5.74) is 0. The topological polar surface area (TPSA) is 43.8 Å². The molecule has 0 saturated carbocycles. The van der Waals surface area contributed by atoms with Crippen LogP contribution >= 0.6 is 11.3 Å². The van der Waals surface area contributed by atoms with E-state index in [1.807, 2.05) is 17.5 Å². The summed E-state index contributed by atoms with van der Waals surface area (Å²) in [6.45, 7) is 4.28. The van der Waals surface area contributed by atoms with Crippen LogP contribution in [0.5, 0.6) is 0 Å². The fourth-order valence-corrected chi connectivity index (χ4v) is 4.53. The van der Waals surface area contributed by atoms with Crippen molar-refractivity contribution >= 4 is 17.2 Å². The van der Waals surface area contributed by atoms with E-state index in [1.165, 1.54) is 12.8 Å². The van der Waals surface area contributed by atoms with Crippen molar-refractivity contribution in [2.45, 2.75) is 44.6 Å². The van der Waals surface area contributed by atoms with Crippen molar-refractivity contribution in [3.63, 3.8) is 0 Å². The quantitative estimate of drug-likeness (QED) is 0.919. The maximum absolute atomic E-state index is 12.5. The zero-order valence-corrected chi connectivity index (χ0v) is 14.6. The molecule has 3 heterocycles. The molecule has 0 radical (unpaired) electrons. The summed E-state index contributed by atoms with van der Waals surface area (Å²) in [7, 11) is 0. The van der Waals surface area contributed by atoms with Crippen molar-refractivity contribution in [1.29, 1.82) is 0 Å². The number of hydrogen-bond donors (Lipinski definition) is 1. The molecule has 3 rings (SSSR count). The maximum atomic E-state index is 12.5. The van der Waals surface area contributed by atoms with Gasteiger partial charge in [0.25, 0.3) is 0 Å². The second-order valence-electron chi connectivity index (χ2n) is 6.87. The van der Waals surface area contributed by atoms with E-state index in [9.17, 15) is 9.90 Å². The molecule has 0 bridgehead atoms. The van der Waals surface area contributed by atoms with Gasteiger partial charge in [0.1, 0.15) is 0 Å². The fourth-order valence-electron chi connectivity index (χ4n) is 3.73. The third kappa shape index (κ3) is 4.55. The molecule has 5 heteroatoms. The SMILES string of the molecule is O=C(CN1CCC(C(O)c2cccs2)CC1)N1CCCCCC1. The van der Waals surface area contributed by atoms with Crippen LogP contribution in [0.4, 0.5) is 0 Å². The first kappa shape index (κ1) is 16.9. The van der Waals surface area contributed by atoms with Gasteiger partial charge in [-0.3, -0.25) is 9.69 Å². The van der Waals surface area contributed by atoms with Crippen LogP contribution in [0.15, 0.2) is 17.5 Å². The zero-order chi connectivity index (χ0) is 16.1. The Labute approximate surface area is 143 Å². The predicted molar refractivity (Wildman–Crippen MR) is 93.5 cm³/mol. The van der Waals surface area contributed by atoms with Gasteiger partial charge < -0.3 is 10.0 Å². The first-order valence-corrected chi connectivity index (χ1v) is 9.83. The van der Waals surface area contributed by atoms with Gasteiger partial charge in [-0.25, -0.2) is 0 Å². The number of carbonyl (C=O) groups excluding carboxylic acids is 1. The normalized spacial score (nSPS) is 22.7. The summed E-state index contributed by atoms with van der Waals surface area (Å²) in [5.74, 6) is 0.627. The van der Waals surface area contributed by atoms with Crippen LogP contribution in [-0.2, 0) is 4.79 Å². The zero-order valence-electron chi connectivity index (χ0n) is 13.8. The van der Waals surface area contributed by atoms with Gasteiger partial charge in [-0.05, 0) is 56.1 Å². The Kier molecular flexibility index (Phi) is 6.08. The van der Waals surface area contributed by atoms with E-state index in [-0.39, 0.29) is 6.10 Å². The monoisotopic (exact) mass is 336 g/mol. The van der Waals surface area contributed by atoms with Crippen LogP contribution in [0.3, 0.4) is 0 Å². The third-order valence-electron chi connectivity index (χ3n) is 5.23. The molecule has 0 aliphatic carbocycles. The Balaban J connectivity index is 1.44. The van der Waals surface area contributed by atoms with Gasteiger partial charge in [0, 0.05) is 18.0 Å². The average molecular weight is 337 g/mol. The van der Waals surface area contributed by atoms with Gasteiger partial charge in [-0.1, -0.05) is 18.9 Å². The summed E-state index contributed by atoms with van der Waals surface area (Å²) in [5, 5.41) is 12.5. The number of likely N-dealkylation sites (tertiary alicyclic amines) is 2. The molecule has 2 aliphatic rings. The van der Waals surface area contributed by atoms with Crippen molar-refractivity contribution in [3.8, 4) is 0 Å². The van der Waals surface area contributed by atoms with Crippen LogP contribution in [0.25, 0.3) is 0 Å². The van der Waals surface area contributed by atoms with Gasteiger partial charge >= 0.3 is 0 Å². The molecule has 1 N–H and O–H groups in total. The highest BCUT2D eigenvalue weighted by Gasteiger charge is 2.28. The maximum Gasteiger partial charge on any atom is 0.236 e. The van der Waals surface area contributed by atoms with Crippen molar-refractivity contribution in [3.05, 3.63) is 22.4 Å². The molecule has 4 nitrogen and oxygen atoms in total. The van der Waals surface area contributed by atoms with Gasteiger partial charge in [0.2, 0.25) is 5.91 Å². The molecular formula is C18H28N2O2S. The summed E-state index contributed by atoms with van der Waals surface area (Å²) in [6.07, 6.45) is 6.45. The lowest BCUT2D eigenvalue weighted by Gasteiger charge is -2.34. The summed E-state index contributed by atoms with van der Waals surface area (Å²) in [4.78, 5) is 17.9. The van der Waals surface area contributed by atoms with Crippen molar-refractivity contribution in [1.82, 2.24) is 9.80 Å². The highest BCUT2D eigenvalue weighted by atomic mass is 32.1. The Morgan fingerprint density at radius 2 is 1.87 bits per heavy atom. The lowest BCUT2D eigenvalue weighted by Crippen LogP contribution is -2.44. The van der Waals surface area contributed by atoms with Gasteiger partial charge in [0.15, 0.2) is 0 Å². The van der Waals surface area contributed by atoms with E-state index in [2.05, 4.69) is 9.80 Å². The molecule has 1 amide bonds. The van der Waals surface area contributed by atoms with E-state index >= 15 is 0 Å².